The molecular formula is C11H19N3O2. The number of nitrogens with one attached hydrogen (secondary N) is 1. The van der Waals surface area contributed by atoms with Crippen molar-refractivity contribution in [3.05, 3.63) is 18.0 Å². The number of nitrogens with zero attached hydrogens (tertiary/aromatic N) is 2. The highest BCUT2D eigenvalue weighted by Gasteiger charge is 2.13. The Kier molecular flexibility index (Phi) is 4.98. The molecular weight excluding hydrogens is 206 g/mol. The van der Waals surface area contributed by atoms with Gasteiger partial charge in [0.1, 0.15) is 6.04 Å². The maximum Gasteiger partial charge on any atom is 0.322 e. The summed E-state index contributed by atoms with van der Waals surface area (Å²) in [5, 5.41) is 7.26. The fraction of sp³-hybridized carbons (Fsp3) is 0.636. The van der Waals surface area contributed by atoms with Crippen LogP contribution in [0.15, 0.2) is 12.3 Å². The van der Waals surface area contributed by atoms with Crippen molar-refractivity contribution in [1.82, 2.24) is 15.1 Å². The third-order valence-electron chi connectivity index (χ3n) is 2.33. The number of ether oxygens (including phenoxy) is 1. The molecule has 1 heterocycles. The minimum Gasteiger partial charge on any atom is -0.465 e. The number of carbonyl (C=O) groups excluding carboxylic acids is 1. The summed E-state index contributed by atoms with van der Waals surface area (Å²) in [6.45, 7) is 7.50. The highest BCUT2D eigenvalue weighted by atomic mass is 16.5. The van der Waals surface area contributed by atoms with Crippen molar-refractivity contribution in [3.8, 4) is 0 Å². The number of aryl methyl sites for hydroxylation is 1. The van der Waals surface area contributed by atoms with E-state index in [0.29, 0.717) is 13.2 Å². The van der Waals surface area contributed by atoms with Gasteiger partial charge in [-0.25, -0.2) is 0 Å². The van der Waals surface area contributed by atoms with E-state index < -0.39 is 0 Å². The van der Waals surface area contributed by atoms with E-state index in [1.165, 1.54) is 0 Å². The van der Waals surface area contributed by atoms with Crippen LogP contribution in [0.3, 0.4) is 0 Å². The van der Waals surface area contributed by atoms with Crippen LogP contribution >= 0.6 is 0 Å². The predicted octanol–water partition coefficient (Wildman–Crippen LogP) is 0.944. The normalized spacial score (nSPS) is 12.4. The van der Waals surface area contributed by atoms with E-state index in [-0.39, 0.29) is 12.0 Å². The zero-order valence-corrected chi connectivity index (χ0v) is 10.1. The lowest BCUT2D eigenvalue weighted by Crippen LogP contribution is -2.35. The van der Waals surface area contributed by atoms with Crippen LogP contribution in [0.1, 0.15) is 26.5 Å². The van der Waals surface area contributed by atoms with Crippen LogP contribution in [0.4, 0.5) is 0 Å². The van der Waals surface area contributed by atoms with Crippen molar-refractivity contribution in [3.63, 3.8) is 0 Å². The third kappa shape index (κ3) is 3.34. The molecule has 1 aromatic heterocycles. The molecule has 0 aromatic carbocycles. The minimum atomic E-state index is -0.292. The molecule has 0 saturated heterocycles. The van der Waals surface area contributed by atoms with Crippen molar-refractivity contribution in [1.29, 1.82) is 0 Å². The molecule has 0 amide bonds. The standard InChI is InChI=1S/C11H19N3O2/c1-4-14-10(6-7-13-14)8-12-9(3)11(15)16-5-2/h6-7,9,12H,4-5,8H2,1-3H3. The number of hydrogen-bond acceptors (Lipinski definition) is 4. The van der Waals surface area contributed by atoms with E-state index in [9.17, 15) is 4.79 Å². The van der Waals surface area contributed by atoms with E-state index in [2.05, 4.69) is 10.4 Å². The molecule has 0 spiro atoms. The highest BCUT2D eigenvalue weighted by molar-refractivity contribution is 5.75. The molecule has 0 saturated carbocycles. The average molecular weight is 225 g/mol. The van der Waals surface area contributed by atoms with E-state index >= 15 is 0 Å². The topological polar surface area (TPSA) is 56.1 Å². The smallest absolute Gasteiger partial charge is 0.322 e. The summed E-state index contributed by atoms with van der Waals surface area (Å²) >= 11 is 0. The lowest BCUT2D eigenvalue weighted by atomic mass is 10.3. The van der Waals surface area contributed by atoms with Crippen LogP contribution in [0.2, 0.25) is 0 Å². The summed E-state index contributed by atoms with van der Waals surface area (Å²) in [6, 6.07) is 1.65. The van der Waals surface area contributed by atoms with Crippen molar-refractivity contribution < 1.29 is 9.53 Å². The maximum absolute atomic E-state index is 11.3. The SMILES string of the molecule is CCOC(=O)C(C)NCc1ccnn1CC. The first-order valence-electron chi connectivity index (χ1n) is 5.59. The molecule has 5 nitrogen and oxygen atoms in total. The average Bonchev–Trinajstić information content (AvgIpc) is 2.73. The van der Waals surface area contributed by atoms with Crippen molar-refractivity contribution in [2.24, 2.45) is 0 Å². The lowest BCUT2D eigenvalue weighted by molar-refractivity contribution is -0.145. The van der Waals surface area contributed by atoms with Crippen LogP contribution in [0.5, 0.6) is 0 Å². The van der Waals surface area contributed by atoms with E-state index in [1.54, 1.807) is 20.0 Å². The fourth-order valence-electron chi connectivity index (χ4n) is 1.40. The van der Waals surface area contributed by atoms with Gasteiger partial charge in [0.05, 0.1) is 12.3 Å². The second-order valence-electron chi connectivity index (χ2n) is 3.49. The molecule has 0 radical (unpaired) electrons. The Morgan fingerprint density at radius 3 is 3.00 bits per heavy atom. The zero-order chi connectivity index (χ0) is 12.0. The molecule has 1 atom stereocenters. The molecule has 90 valence electrons. The van der Waals surface area contributed by atoms with Gasteiger partial charge in [-0.15, -0.1) is 0 Å². The molecule has 0 aliphatic heterocycles. The molecule has 1 aromatic rings. The van der Waals surface area contributed by atoms with Gasteiger partial charge < -0.3 is 4.74 Å². The predicted molar refractivity (Wildman–Crippen MR) is 60.8 cm³/mol. The van der Waals surface area contributed by atoms with Gasteiger partial charge in [0.2, 0.25) is 0 Å². The third-order valence-corrected chi connectivity index (χ3v) is 2.33. The fourth-order valence-corrected chi connectivity index (χ4v) is 1.40. The van der Waals surface area contributed by atoms with Gasteiger partial charge in [-0.3, -0.25) is 14.8 Å². The summed E-state index contributed by atoms with van der Waals surface area (Å²) in [7, 11) is 0. The van der Waals surface area contributed by atoms with E-state index in [1.807, 2.05) is 17.7 Å². The number of carbonyl (C=O) groups is 1. The van der Waals surface area contributed by atoms with Crippen molar-refractivity contribution in [2.75, 3.05) is 6.61 Å². The summed E-state index contributed by atoms with van der Waals surface area (Å²) in [4.78, 5) is 11.3. The van der Waals surface area contributed by atoms with Gasteiger partial charge in [-0.2, -0.15) is 5.10 Å². The van der Waals surface area contributed by atoms with Gasteiger partial charge >= 0.3 is 5.97 Å². The lowest BCUT2D eigenvalue weighted by Gasteiger charge is -2.12. The molecule has 5 heteroatoms. The summed E-state index contributed by atoms with van der Waals surface area (Å²) in [6.07, 6.45) is 1.76. The van der Waals surface area contributed by atoms with Gasteiger partial charge in [-0.05, 0) is 26.8 Å². The van der Waals surface area contributed by atoms with Crippen LogP contribution in [-0.4, -0.2) is 28.4 Å². The molecule has 1 unspecified atom stereocenters. The first kappa shape index (κ1) is 12.7. The Morgan fingerprint density at radius 2 is 2.38 bits per heavy atom. The van der Waals surface area contributed by atoms with Gasteiger partial charge in [0.15, 0.2) is 0 Å². The summed E-state index contributed by atoms with van der Waals surface area (Å²) < 4.78 is 6.80. The molecule has 1 rings (SSSR count). The van der Waals surface area contributed by atoms with Crippen LogP contribution in [-0.2, 0) is 22.6 Å². The Balaban J connectivity index is 2.42. The second kappa shape index (κ2) is 6.27. The summed E-state index contributed by atoms with van der Waals surface area (Å²) in [5.41, 5.74) is 1.07. The largest absolute Gasteiger partial charge is 0.465 e. The summed E-state index contributed by atoms with van der Waals surface area (Å²) in [5.74, 6) is -0.218. The van der Waals surface area contributed by atoms with Gasteiger partial charge in [-0.1, -0.05) is 0 Å². The first-order chi connectivity index (χ1) is 7.69. The molecule has 0 aliphatic carbocycles. The number of hydrogen-bond donors (Lipinski definition) is 1. The monoisotopic (exact) mass is 225 g/mol. The van der Waals surface area contributed by atoms with Crippen molar-refractivity contribution >= 4 is 5.97 Å². The Labute approximate surface area is 95.8 Å². The minimum absolute atomic E-state index is 0.218. The second-order valence-corrected chi connectivity index (χ2v) is 3.49. The Bertz CT molecular complexity index is 336. The first-order valence-corrected chi connectivity index (χ1v) is 5.59. The number of aromatic nitrogens is 2. The maximum atomic E-state index is 11.3. The van der Waals surface area contributed by atoms with E-state index in [4.69, 9.17) is 4.74 Å². The zero-order valence-electron chi connectivity index (χ0n) is 10.1. The highest BCUT2D eigenvalue weighted by Crippen LogP contribution is 1.99. The van der Waals surface area contributed by atoms with Crippen molar-refractivity contribution in [2.45, 2.75) is 39.9 Å². The van der Waals surface area contributed by atoms with E-state index in [0.717, 1.165) is 12.2 Å². The molecule has 0 bridgehead atoms. The van der Waals surface area contributed by atoms with Gasteiger partial charge in [0, 0.05) is 19.3 Å². The molecule has 0 aliphatic rings. The van der Waals surface area contributed by atoms with Gasteiger partial charge in [0.25, 0.3) is 0 Å². The molecule has 16 heavy (non-hydrogen) atoms. The van der Waals surface area contributed by atoms with Crippen LogP contribution in [0.25, 0.3) is 0 Å². The Hall–Kier alpha value is -1.36. The number of esters is 1. The van der Waals surface area contributed by atoms with Crippen LogP contribution < -0.4 is 5.32 Å². The van der Waals surface area contributed by atoms with Crippen LogP contribution in [0, 0.1) is 0 Å². The molecule has 1 N–H and O–H groups in total. The molecule has 0 fully saturated rings. The number of rotatable bonds is 6. The Morgan fingerprint density at radius 1 is 1.62 bits per heavy atom. The quantitative estimate of drug-likeness (QED) is 0.732.